The van der Waals surface area contributed by atoms with Crippen LogP contribution in [0, 0.1) is 11.3 Å². The Kier molecular flexibility index (Phi) is 8.14. The molecule has 0 amide bonds. The normalized spacial score (nSPS) is 11.7. The van der Waals surface area contributed by atoms with E-state index >= 15 is 0 Å². The molecule has 0 aliphatic heterocycles. The number of nitrogens with zero attached hydrogens (tertiary/aromatic N) is 6. The van der Waals surface area contributed by atoms with Crippen LogP contribution in [-0.4, -0.2) is 24.1 Å². The quantitative estimate of drug-likeness (QED) is 0.167. The van der Waals surface area contributed by atoms with Gasteiger partial charge in [0.25, 0.3) is 0 Å². The monoisotopic (exact) mass is 830 g/mol. The second-order valence-electron chi connectivity index (χ2n) is 16.2. The van der Waals surface area contributed by atoms with Crippen LogP contribution in [0.3, 0.4) is 0 Å². The van der Waals surface area contributed by atoms with E-state index in [9.17, 15) is 5.26 Å². The van der Waals surface area contributed by atoms with Crippen LogP contribution in [0.15, 0.2) is 211 Å². The number of rotatable bonds is 6. The lowest BCUT2D eigenvalue weighted by Crippen LogP contribution is -2.03. The maximum atomic E-state index is 11.4. The Labute approximate surface area is 372 Å². The van der Waals surface area contributed by atoms with Gasteiger partial charge in [0.15, 0.2) is 17.5 Å². The number of furan rings is 1. The highest BCUT2D eigenvalue weighted by molar-refractivity contribution is 6.30. The molecule has 7 heteroatoms. The summed E-state index contributed by atoms with van der Waals surface area (Å²) in [6, 6.07) is 73.3. The molecule has 13 aromatic rings. The van der Waals surface area contributed by atoms with Crippen LogP contribution in [0.5, 0.6) is 0 Å². The highest BCUT2D eigenvalue weighted by atomic mass is 16.3. The van der Waals surface area contributed by atoms with Gasteiger partial charge in [-0.15, -0.1) is 0 Å². The molecule has 7 nitrogen and oxygen atoms in total. The van der Waals surface area contributed by atoms with Crippen molar-refractivity contribution in [2.24, 2.45) is 0 Å². The number of para-hydroxylation sites is 4. The van der Waals surface area contributed by atoms with E-state index in [0.29, 0.717) is 39.8 Å². The van der Waals surface area contributed by atoms with E-state index in [-0.39, 0.29) is 0 Å². The summed E-state index contributed by atoms with van der Waals surface area (Å²) in [5, 5.41) is 17.6. The predicted molar refractivity (Wildman–Crippen MR) is 262 cm³/mol. The van der Waals surface area contributed by atoms with Crippen molar-refractivity contribution >= 4 is 65.6 Å². The molecule has 302 valence electrons. The lowest BCUT2D eigenvalue weighted by Gasteiger charge is -2.16. The predicted octanol–water partition coefficient (Wildman–Crippen LogP) is 14.5. The number of hydrogen-bond donors (Lipinski definition) is 0. The molecule has 0 unspecified atom stereocenters. The molecule has 13 rings (SSSR count). The molecule has 65 heavy (non-hydrogen) atoms. The summed E-state index contributed by atoms with van der Waals surface area (Å²) >= 11 is 0. The minimum absolute atomic E-state index is 0.355. The highest BCUT2D eigenvalue weighted by Crippen LogP contribution is 2.49. The summed E-state index contributed by atoms with van der Waals surface area (Å²) in [5.41, 5.74) is 12.2. The van der Waals surface area contributed by atoms with Crippen LogP contribution in [0.4, 0.5) is 0 Å². The number of fused-ring (bicyclic) bond motifs is 10. The molecular formula is C58H34N6O. The Morgan fingerprint density at radius 2 is 0.954 bits per heavy atom. The van der Waals surface area contributed by atoms with Gasteiger partial charge >= 0.3 is 0 Å². The van der Waals surface area contributed by atoms with Gasteiger partial charge in [0.2, 0.25) is 0 Å². The number of nitriles is 1. The highest BCUT2D eigenvalue weighted by Gasteiger charge is 2.29. The van der Waals surface area contributed by atoms with E-state index in [4.69, 9.17) is 19.4 Å². The van der Waals surface area contributed by atoms with Gasteiger partial charge in [0.05, 0.1) is 44.3 Å². The van der Waals surface area contributed by atoms with Crippen molar-refractivity contribution in [3.63, 3.8) is 0 Å². The van der Waals surface area contributed by atoms with Gasteiger partial charge < -0.3 is 13.6 Å². The Hall–Kier alpha value is -9.12. The fourth-order valence-electron chi connectivity index (χ4n) is 9.82. The molecule has 4 heterocycles. The summed E-state index contributed by atoms with van der Waals surface area (Å²) in [4.78, 5) is 15.2. The third kappa shape index (κ3) is 5.58. The number of benzene rings is 9. The first-order valence-corrected chi connectivity index (χ1v) is 21.6. The maximum Gasteiger partial charge on any atom is 0.169 e. The molecule has 0 aliphatic carbocycles. The van der Waals surface area contributed by atoms with Gasteiger partial charge in [-0.05, 0) is 48.0 Å². The zero-order valence-electron chi connectivity index (χ0n) is 34.7. The van der Waals surface area contributed by atoms with Crippen molar-refractivity contribution in [2.45, 2.75) is 0 Å². The van der Waals surface area contributed by atoms with Gasteiger partial charge in [-0.25, -0.2) is 15.0 Å². The summed E-state index contributed by atoms with van der Waals surface area (Å²) in [6.07, 6.45) is 0. The zero-order chi connectivity index (χ0) is 43.0. The van der Waals surface area contributed by atoms with Crippen molar-refractivity contribution in [3.8, 4) is 62.7 Å². The first-order valence-electron chi connectivity index (χ1n) is 21.6. The minimum Gasteiger partial charge on any atom is -0.455 e. The van der Waals surface area contributed by atoms with Gasteiger partial charge in [0, 0.05) is 49.3 Å². The van der Waals surface area contributed by atoms with Crippen molar-refractivity contribution < 1.29 is 4.42 Å². The first-order chi connectivity index (χ1) is 32.2. The first kappa shape index (κ1) is 36.5. The molecule has 0 saturated heterocycles. The molecule has 9 aromatic carbocycles. The van der Waals surface area contributed by atoms with Gasteiger partial charge in [-0.1, -0.05) is 164 Å². The molecule has 0 N–H and O–H groups in total. The summed E-state index contributed by atoms with van der Waals surface area (Å²) < 4.78 is 11.7. The Bertz CT molecular complexity index is 3990. The Morgan fingerprint density at radius 1 is 0.431 bits per heavy atom. The minimum atomic E-state index is 0.355. The molecule has 4 aromatic heterocycles. The SMILES string of the molecule is N#Cc1cc(-n2c3ccccc3c3cc(-c4ccccc4)c4c(c5ccccc5n4-c4ccccc4)c32)c2c(oc3ccccc32)c1-c1nc(-c2ccccc2)nc(-c2ccccc2)n1. The van der Waals surface area contributed by atoms with Crippen LogP contribution in [0.1, 0.15) is 5.56 Å². The van der Waals surface area contributed by atoms with Crippen molar-refractivity contribution in [1.82, 2.24) is 24.1 Å². The van der Waals surface area contributed by atoms with Gasteiger partial charge in [0.1, 0.15) is 17.2 Å². The van der Waals surface area contributed by atoms with E-state index in [1.54, 1.807) is 0 Å². The molecule has 0 aliphatic rings. The lowest BCUT2D eigenvalue weighted by molar-refractivity contribution is 0.669. The van der Waals surface area contributed by atoms with Crippen LogP contribution in [-0.2, 0) is 0 Å². The lowest BCUT2D eigenvalue weighted by atomic mass is 9.97. The van der Waals surface area contributed by atoms with Crippen LogP contribution < -0.4 is 0 Å². The molecule has 0 fully saturated rings. The molecule has 0 bridgehead atoms. The molecule has 0 atom stereocenters. The Morgan fingerprint density at radius 3 is 1.60 bits per heavy atom. The summed E-state index contributed by atoms with van der Waals surface area (Å²) in [5.74, 6) is 1.36. The largest absolute Gasteiger partial charge is 0.455 e. The summed E-state index contributed by atoms with van der Waals surface area (Å²) in [6.45, 7) is 0. The van der Waals surface area contributed by atoms with E-state index in [1.807, 2.05) is 84.9 Å². The fraction of sp³-hybridized carbons (Fsp3) is 0. The van der Waals surface area contributed by atoms with Crippen molar-refractivity contribution in [2.75, 3.05) is 0 Å². The number of hydrogen-bond acceptors (Lipinski definition) is 5. The van der Waals surface area contributed by atoms with Crippen LogP contribution >= 0.6 is 0 Å². The number of aromatic nitrogens is 5. The third-order valence-corrected chi connectivity index (χ3v) is 12.6. The molecule has 0 spiro atoms. The van der Waals surface area contributed by atoms with Gasteiger partial charge in [-0.3, -0.25) is 0 Å². The van der Waals surface area contributed by atoms with E-state index in [1.165, 1.54) is 0 Å². The van der Waals surface area contributed by atoms with Crippen molar-refractivity contribution in [1.29, 1.82) is 5.26 Å². The van der Waals surface area contributed by atoms with E-state index in [2.05, 4.69) is 137 Å². The second-order valence-corrected chi connectivity index (χ2v) is 16.2. The average Bonchev–Trinajstić information content (AvgIpc) is 4.05. The standard InChI is InChI=1S/C58H34N6O/c59-35-39-33-48(51-43-29-15-18-32-49(43)65-55(51)50(39)58-61-56(37-21-7-2-8-22-37)60-57(62-58)38-23-9-3-10-24-38)64-46-30-16-13-27-41(46)45-34-44(36-19-5-1-6-20-36)53-52(54(45)64)42-28-14-17-31-47(42)63(53)40-25-11-4-12-26-40/h1-34H. The maximum absolute atomic E-state index is 11.4. The van der Waals surface area contributed by atoms with Crippen molar-refractivity contribution in [3.05, 3.63) is 212 Å². The average molecular weight is 831 g/mol. The smallest absolute Gasteiger partial charge is 0.169 e. The van der Waals surface area contributed by atoms with Crippen LogP contribution in [0.2, 0.25) is 0 Å². The second kappa shape index (κ2) is 14.5. The topological polar surface area (TPSA) is 85.5 Å². The van der Waals surface area contributed by atoms with E-state index < -0.39 is 0 Å². The Balaban J connectivity index is 1.21. The molecule has 0 radical (unpaired) electrons. The third-order valence-electron chi connectivity index (χ3n) is 12.6. The van der Waals surface area contributed by atoms with E-state index in [0.717, 1.165) is 88.0 Å². The van der Waals surface area contributed by atoms with Crippen LogP contribution in [0.25, 0.3) is 122 Å². The molecule has 0 saturated carbocycles. The molecular weight excluding hydrogens is 797 g/mol. The zero-order valence-corrected chi connectivity index (χ0v) is 34.7. The fourth-order valence-corrected chi connectivity index (χ4v) is 9.82. The van der Waals surface area contributed by atoms with Gasteiger partial charge in [-0.2, -0.15) is 5.26 Å². The summed E-state index contributed by atoms with van der Waals surface area (Å²) in [7, 11) is 0.